The van der Waals surface area contributed by atoms with Gasteiger partial charge in [0.1, 0.15) is 11.8 Å². The van der Waals surface area contributed by atoms with E-state index in [1.54, 1.807) is 11.0 Å². The number of rotatable bonds is 9. The molecular weight excluding hydrogens is 376 g/mol. The van der Waals surface area contributed by atoms with Crippen LogP contribution in [0.5, 0.6) is 5.75 Å². The lowest BCUT2D eigenvalue weighted by Crippen LogP contribution is -2.50. The minimum absolute atomic E-state index is 0.148. The first kappa shape index (κ1) is 21.8. The van der Waals surface area contributed by atoms with E-state index in [-0.39, 0.29) is 25.0 Å². The molecular formula is C22H27ClN2O3. The number of carbonyl (C=O) groups excluding carboxylic acids is 2. The van der Waals surface area contributed by atoms with Gasteiger partial charge in [0.25, 0.3) is 5.91 Å². The molecule has 28 heavy (non-hydrogen) atoms. The standard InChI is InChI=1S/C22H27ClN2O3/c1-4-19(22(27)24-5-2)25(14-17-11-7-8-12-18(17)23)21(26)15-28-20-13-9-6-10-16(20)3/h6-13,19H,4-5,14-15H2,1-3H3,(H,24,27)/t19-/m1/s1. The minimum atomic E-state index is -0.593. The number of hydrogen-bond donors (Lipinski definition) is 1. The monoisotopic (exact) mass is 402 g/mol. The van der Waals surface area contributed by atoms with E-state index in [1.807, 2.05) is 63.2 Å². The van der Waals surface area contributed by atoms with Crippen molar-refractivity contribution in [3.63, 3.8) is 0 Å². The summed E-state index contributed by atoms with van der Waals surface area (Å²) in [6.45, 7) is 6.26. The molecule has 0 saturated heterocycles. The third kappa shape index (κ3) is 5.73. The zero-order chi connectivity index (χ0) is 20.5. The summed E-state index contributed by atoms with van der Waals surface area (Å²) in [6.07, 6.45) is 0.492. The van der Waals surface area contributed by atoms with Crippen LogP contribution < -0.4 is 10.1 Å². The van der Waals surface area contributed by atoms with Crippen molar-refractivity contribution >= 4 is 23.4 Å². The largest absolute Gasteiger partial charge is 0.484 e. The highest BCUT2D eigenvalue weighted by molar-refractivity contribution is 6.31. The molecule has 0 saturated carbocycles. The van der Waals surface area contributed by atoms with Crippen LogP contribution in [0.1, 0.15) is 31.4 Å². The molecule has 0 bridgehead atoms. The highest BCUT2D eigenvalue weighted by Crippen LogP contribution is 2.21. The van der Waals surface area contributed by atoms with Crippen molar-refractivity contribution < 1.29 is 14.3 Å². The molecule has 0 spiro atoms. The van der Waals surface area contributed by atoms with Crippen LogP contribution in [-0.4, -0.2) is 35.9 Å². The predicted octanol–water partition coefficient (Wildman–Crippen LogP) is 3.97. The van der Waals surface area contributed by atoms with Gasteiger partial charge in [-0.15, -0.1) is 0 Å². The smallest absolute Gasteiger partial charge is 0.261 e. The fraction of sp³-hybridized carbons (Fsp3) is 0.364. The normalized spacial score (nSPS) is 11.6. The van der Waals surface area contributed by atoms with Gasteiger partial charge in [-0.05, 0) is 43.5 Å². The number of carbonyl (C=O) groups is 2. The van der Waals surface area contributed by atoms with Crippen LogP contribution in [0.2, 0.25) is 5.02 Å². The van der Waals surface area contributed by atoms with Crippen LogP contribution in [0.15, 0.2) is 48.5 Å². The fourth-order valence-electron chi connectivity index (χ4n) is 2.96. The predicted molar refractivity (Wildman–Crippen MR) is 111 cm³/mol. The summed E-state index contributed by atoms with van der Waals surface area (Å²) in [4.78, 5) is 27.1. The van der Waals surface area contributed by atoms with Gasteiger partial charge in [0.05, 0.1) is 0 Å². The Bertz CT molecular complexity index is 810. The van der Waals surface area contributed by atoms with Gasteiger partial charge in [-0.25, -0.2) is 0 Å². The molecule has 0 aliphatic rings. The van der Waals surface area contributed by atoms with Crippen LogP contribution in [0.4, 0.5) is 0 Å². The fourth-order valence-corrected chi connectivity index (χ4v) is 3.16. The van der Waals surface area contributed by atoms with Gasteiger partial charge < -0.3 is 15.0 Å². The number of ether oxygens (including phenoxy) is 1. The Hall–Kier alpha value is -2.53. The first-order valence-electron chi connectivity index (χ1n) is 9.46. The van der Waals surface area contributed by atoms with E-state index < -0.39 is 6.04 Å². The summed E-state index contributed by atoms with van der Waals surface area (Å²) in [5.74, 6) is 0.210. The molecule has 6 heteroatoms. The van der Waals surface area contributed by atoms with Gasteiger partial charge in [-0.1, -0.05) is 54.9 Å². The van der Waals surface area contributed by atoms with Gasteiger partial charge >= 0.3 is 0 Å². The molecule has 5 nitrogen and oxygen atoms in total. The zero-order valence-electron chi connectivity index (χ0n) is 16.6. The van der Waals surface area contributed by atoms with Crippen molar-refractivity contribution in [1.29, 1.82) is 0 Å². The Balaban J connectivity index is 2.23. The van der Waals surface area contributed by atoms with Crippen LogP contribution in [0, 0.1) is 6.92 Å². The molecule has 1 atom stereocenters. The molecule has 0 aliphatic carbocycles. The van der Waals surface area contributed by atoms with Crippen molar-refractivity contribution in [2.45, 2.75) is 39.8 Å². The van der Waals surface area contributed by atoms with E-state index in [0.717, 1.165) is 11.1 Å². The van der Waals surface area contributed by atoms with E-state index in [0.29, 0.717) is 23.7 Å². The molecule has 0 aromatic heterocycles. The number of para-hydroxylation sites is 1. The first-order chi connectivity index (χ1) is 13.5. The Morgan fingerprint density at radius 1 is 1.11 bits per heavy atom. The number of nitrogens with zero attached hydrogens (tertiary/aromatic N) is 1. The maximum atomic E-state index is 13.0. The second-order valence-corrected chi connectivity index (χ2v) is 6.89. The minimum Gasteiger partial charge on any atom is -0.484 e. The summed E-state index contributed by atoms with van der Waals surface area (Å²) in [5.41, 5.74) is 1.74. The number of amides is 2. The van der Waals surface area contributed by atoms with E-state index in [1.165, 1.54) is 0 Å². The number of nitrogens with one attached hydrogen (secondary N) is 1. The third-order valence-corrected chi connectivity index (χ3v) is 4.85. The molecule has 2 aromatic carbocycles. The summed E-state index contributed by atoms with van der Waals surface area (Å²) in [7, 11) is 0. The molecule has 2 aromatic rings. The lowest BCUT2D eigenvalue weighted by atomic mass is 10.1. The highest BCUT2D eigenvalue weighted by Gasteiger charge is 2.29. The van der Waals surface area contributed by atoms with Gasteiger partial charge in [0, 0.05) is 18.1 Å². The Morgan fingerprint density at radius 3 is 2.43 bits per heavy atom. The van der Waals surface area contributed by atoms with Crippen molar-refractivity contribution in [3.05, 3.63) is 64.7 Å². The van der Waals surface area contributed by atoms with Gasteiger partial charge in [-0.2, -0.15) is 0 Å². The maximum absolute atomic E-state index is 13.0. The van der Waals surface area contributed by atoms with Gasteiger partial charge in [0.2, 0.25) is 5.91 Å². The van der Waals surface area contributed by atoms with Gasteiger partial charge in [0.15, 0.2) is 6.61 Å². The molecule has 1 N–H and O–H groups in total. The van der Waals surface area contributed by atoms with Crippen molar-refractivity contribution in [2.24, 2.45) is 0 Å². The molecule has 0 unspecified atom stereocenters. The van der Waals surface area contributed by atoms with Crippen LogP contribution >= 0.6 is 11.6 Å². The molecule has 2 amide bonds. The third-order valence-electron chi connectivity index (χ3n) is 4.48. The molecule has 0 aliphatic heterocycles. The van der Waals surface area contributed by atoms with Crippen molar-refractivity contribution in [3.8, 4) is 5.75 Å². The Labute approximate surface area is 171 Å². The van der Waals surface area contributed by atoms with Crippen LogP contribution in [0.3, 0.4) is 0 Å². The summed E-state index contributed by atoms with van der Waals surface area (Å²) in [5, 5.41) is 3.37. The lowest BCUT2D eigenvalue weighted by molar-refractivity contribution is -0.142. The van der Waals surface area contributed by atoms with Crippen molar-refractivity contribution in [2.75, 3.05) is 13.2 Å². The van der Waals surface area contributed by atoms with E-state index >= 15 is 0 Å². The lowest BCUT2D eigenvalue weighted by Gasteiger charge is -2.30. The summed E-state index contributed by atoms with van der Waals surface area (Å²) < 4.78 is 5.73. The molecule has 150 valence electrons. The Morgan fingerprint density at radius 2 is 1.79 bits per heavy atom. The number of aryl methyl sites for hydroxylation is 1. The van der Waals surface area contributed by atoms with E-state index in [9.17, 15) is 9.59 Å². The first-order valence-corrected chi connectivity index (χ1v) is 9.84. The Kier molecular flexibility index (Phi) is 8.33. The quantitative estimate of drug-likeness (QED) is 0.690. The maximum Gasteiger partial charge on any atom is 0.261 e. The van der Waals surface area contributed by atoms with E-state index in [2.05, 4.69) is 5.32 Å². The second-order valence-electron chi connectivity index (χ2n) is 6.49. The second kappa shape index (κ2) is 10.7. The SMILES string of the molecule is CCNC(=O)[C@@H](CC)N(Cc1ccccc1Cl)C(=O)COc1ccccc1C. The van der Waals surface area contributed by atoms with Crippen LogP contribution in [-0.2, 0) is 16.1 Å². The zero-order valence-corrected chi connectivity index (χ0v) is 17.3. The number of halogens is 1. The summed E-state index contributed by atoms with van der Waals surface area (Å²) in [6, 6.07) is 14.2. The molecule has 2 rings (SSSR count). The number of likely N-dealkylation sites (N-methyl/N-ethyl adjacent to an activating group) is 1. The number of hydrogen-bond acceptors (Lipinski definition) is 3. The summed E-state index contributed by atoms with van der Waals surface area (Å²) >= 11 is 6.29. The molecule has 0 heterocycles. The topological polar surface area (TPSA) is 58.6 Å². The number of benzene rings is 2. The van der Waals surface area contributed by atoms with E-state index in [4.69, 9.17) is 16.3 Å². The molecule has 0 radical (unpaired) electrons. The van der Waals surface area contributed by atoms with Crippen LogP contribution in [0.25, 0.3) is 0 Å². The van der Waals surface area contributed by atoms with Gasteiger partial charge in [-0.3, -0.25) is 9.59 Å². The molecule has 0 fully saturated rings. The average Bonchev–Trinajstić information content (AvgIpc) is 2.68. The van der Waals surface area contributed by atoms with Crippen molar-refractivity contribution in [1.82, 2.24) is 10.2 Å². The highest BCUT2D eigenvalue weighted by atomic mass is 35.5. The average molecular weight is 403 g/mol.